The molecule has 0 heteroatoms. The van der Waals surface area contributed by atoms with Gasteiger partial charge in [-0.05, 0) is 67.1 Å². The summed E-state index contributed by atoms with van der Waals surface area (Å²) in [6, 6.07) is 27.0. The fourth-order valence-electron chi connectivity index (χ4n) is 4.42. The van der Waals surface area contributed by atoms with Crippen LogP contribution in [0.2, 0.25) is 0 Å². The monoisotopic (exact) mass is 290 g/mol. The highest BCUT2D eigenvalue weighted by Crippen LogP contribution is 2.45. The summed E-state index contributed by atoms with van der Waals surface area (Å²) < 4.78 is 0. The van der Waals surface area contributed by atoms with Crippen molar-refractivity contribution < 1.29 is 0 Å². The quantitative estimate of drug-likeness (QED) is 0.294. The normalized spacial score (nSPS) is 13.0. The Morgan fingerprint density at radius 1 is 0.478 bits per heavy atom. The highest BCUT2D eigenvalue weighted by molar-refractivity contribution is 6.27. The van der Waals surface area contributed by atoms with Crippen LogP contribution < -0.4 is 0 Å². The van der Waals surface area contributed by atoms with Gasteiger partial charge in [-0.1, -0.05) is 66.7 Å². The Labute approximate surface area is 134 Å². The van der Waals surface area contributed by atoms with E-state index in [4.69, 9.17) is 0 Å². The van der Waals surface area contributed by atoms with Crippen molar-refractivity contribution in [3.63, 3.8) is 0 Å². The van der Waals surface area contributed by atoms with Gasteiger partial charge >= 0.3 is 0 Å². The van der Waals surface area contributed by atoms with E-state index in [1.807, 2.05) is 0 Å². The second-order valence-electron chi connectivity index (χ2n) is 6.60. The predicted molar refractivity (Wildman–Crippen MR) is 98.4 cm³/mol. The molecule has 0 aromatic heterocycles. The smallest absolute Gasteiger partial charge is 0.00132 e. The third kappa shape index (κ3) is 1.37. The summed E-state index contributed by atoms with van der Waals surface area (Å²) in [5, 5.41) is 8.38. The van der Waals surface area contributed by atoms with Crippen LogP contribution in [0.3, 0.4) is 0 Å². The van der Waals surface area contributed by atoms with Gasteiger partial charge in [0.2, 0.25) is 0 Å². The molecule has 1 aliphatic carbocycles. The second kappa shape index (κ2) is 3.91. The summed E-state index contributed by atoms with van der Waals surface area (Å²) in [6.45, 7) is 0. The Morgan fingerprint density at radius 2 is 1.26 bits per heavy atom. The maximum Gasteiger partial charge on any atom is -0.00132 e. The Hall–Kier alpha value is -2.86. The fraction of sp³-hybridized carbons (Fsp3) is 0.0435. The largest absolute Gasteiger partial charge is 0.0619 e. The number of benzene rings is 5. The Morgan fingerprint density at radius 3 is 2.22 bits per heavy atom. The standard InChI is InChI=1S/C23H14/c1-2-7-19-16(4-1)12-18-11-10-15-9-8-14-5-3-6-17-13-20(19)22(18)23(15)21(14)17/h1-11,13H,12H2. The van der Waals surface area contributed by atoms with Crippen molar-refractivity contribution in [1.82, 2.24) is 0 Å². The van der Waals surface area contributed by atoms with Gasteiger partial charge in [0.1, 0.15) is 0 Å². The number of hydrogen-bond acceptors (Lipinski definition) is 0. The molecule has 0 N–H and O–H groups in total. The van der Waals surface area contributed by atoms with Crippen molar-refractivity contribution in [3.8, 4) is 11.1 Å². The SMILES string of the molecule is c1ccc2c(c1)Cc1ccc3ccc4cccc5cc-2c1c3c45. The van der Waals surface area contributed by atoms with Crippen LogP contribution in [0.15, 0.2) is 72.8 Å². The minimum atomic E-state index is 1.04. The summed E-state index contributed by atoms with van der Waals surface area (Å²) >= 11 is 0. The van der Waals surface area contributed by atoms with E-state index in [1.165, 1.54) is 54.6 Å². The van der Waals surface area contributed by atoms with Crippen molar-refractivity contribution in [2.24, 2.45) is 0 Å². The predicted octanol–water partition coefficient (Wildman–Crippen LogP) is 6.16. The molecule has 0 nitrogen and oxygen atoms in total. The zero-order valence-corrected chi connectivity index (χ0v) is 12.6. The first-order valence-electron chi connectivity index (χ1n) is 8.18. The van der Waals surface area contributed by atoms with Gasteiger partial charge in [-0.2, -0.15) is 0 Å². The highest BCUT2D eigenvalue weighted by Gasteiger charge is 2.21. The molecule has 0 aliphatic heterocycles. The van der Waals surface area contributed by atoms with E-state index in [0.29, 0.717) is 0 Å². The molecule has 106 valence electrons. The third-order valence-corrected chi connectivity index (χ3v) is 5.40. The molecule has 0 fully saturated rings. The Bertz CT molecular complexity index is 1230. The molecule has 5 aromatic carbocycles. The second-order valence-corrected chi connectivity index (χ2v) is 6.60. The molecule has 0 heterocycles. The molecule has 0 saturated heterocycles. The number of hydrogen-bond donors (Lipinski definition) is 0. The van der Waals surface area contributed by atoms with Crippen molar-refractivity contribution in [2.45, 2.75) is 6.42 Å². The van der Waals surface area contributed by atoms with Crippen LogP contribution >= 0.6 is 0 Å². The van der Waals surface area contributed by atoms with Gasteiger partial charge in [0, 0.05) is 0 Å². The molecule has 0 atom stereocenters. The lowest BCUT2D eigenvalue weighted by Gasteiger charge is -2.23. The lowest BCUT2D eigenvalue weighted by molar-refractivity contribution is 1.20. The molecule has 0 saturated carbocycles. The van der Waals surface area contributed by atoms with E-state index in [1.54, 1.807) is 0 Å². The molecule has 0 bridgehead atoms. The van der Waals surface area contributed by atoms with E-state index in [9.17, 15) is 0 Å². The summed E-state index contributed by atoms with van der Waals surface area (Å²) in [6.07, 6.45) is 1.04. The van der Waals surface area contributed by atoms with Gasteiger partial charge in [0.15, 0.2) is 0 Å². The van der Waals surface area contributed by atoms with Crippen LogP contribution in [0.25, 0.3) is 43.4 Å². The van der Waals surface area contributed by atoms with Crippen LogP contribution in [0.4, 0.5) is 0 Å². The molecule has 0 amide bonds. The first-order valence-corrected chi connectivity index (χ1v) is 8.18. The van der Waals surface area contributed by atoms with Crippen molar-refractivity contribution in [1.29, 1.82) is 0 Å². The highest BCUT2D eigenvalue weighted by atomic mass is 14.2. The van der Waals surface area contributed by atoms with Gasteiger partial charge in [-0.3, -0.25) is 0 Å². The zero-order chi connectivity index (χ0) is 15.0. The fourth-order valence-corrected chi connectivity index (χ4v) is 4.42. The van der Waals surface area contributed by atoms with Crippen LogP contribution in [-0.4, -0.2) is 0 Å². The van der Waals surface area contributed by atoms with Crippen molar-refractivity contribution in [3.05, 3.63) is 83.9 Å². The first kappa shape index (κ1) is 11.7. The number of fused-ring (bicyclic) bond motifs is 2. The minimum Gasteiger partial charge on any atom is -0.0619 e. The molecule has 23 heavy (non-hydrogen) atoms. The summed E-state index contributed by atoms with van der Waals surface area (Å²) in [4.78, 5) is 0. The number of rotatable bonds is 0. The lowest BCUT2D eigenvalue weighted by atomic mass is 9.80. The molecular formula is C23H14. The van der Waals surface area contributed by atoms with E-state index >= 15 is 0 Å². The Kier molecular flexibility index (Phi) is 1.98. The summed E-state index contributed by atoms with van der Waals surface area (Å²) in [5.74, 6) is 0. The zero-order valence-electron chi connectivity index (χ0n) is 12.6. The molecule has 6 rings (SSSR count). The summed E-state index contributed by atoms with van der Waals surface area (Å²) in [5.41, 5.74) is 5.71. The molecular weight excluding hydrogens is 276 g/mol. The average Bonchev–Trinajstić information content (AvgIpc) is 2.61. The summed E-state index contributed by atoms with van der Waals surface area (Å²) in [7, 11) is 0. The van der Waals surface area contributed by atoms with E-state index in [2.05, 4.69) is 72.8 Å². The topological polar surface area (TPSA) is 0 Å². The van der Waals surface area contributed by atoms with E-state index in [-0.39, 0.29) is 0 Å². The van der Waals surface area contributed by atoms with E-state index < -0.39 is 0 Å². The minimum absolute atomic E-state index is 1.04. The van der Waals surface area contributed by atoms with Crippen LogP contribution in [0.5, 0.6) is 0 Å². The van der Waals surface area contributed by atoms with Crippen LogP contribution in [-0.2, 0) is 6.42 Å². The van der Waals surface area contributed by atoms with Crippen LogP contribution in [0.1, 0.15) is 11.1 Å². The van der Waals surface area contributed by atoms with E-state index in [0.717, 1.165) is 6.42 Å². The van der Waals surface area contributed by atoms with Gasteiger partial charge in [-0.25, -0.2) is 0 Å². The Balaban J connectivity index is 1.97. The molecule has 5 aromatic rings. The van der Waals surface area contributed by atoms with Crippen LogP contribution in [0, 0.1) is 0 Å². The third-order valence-electron chi connectivity index (χ3n) is 5.40. The van der Waals surface area contributed by atoms with Gasteiger partial charge < -0.3 is 0 Å². The van der Waals surface area contributed by atoms with Gasteiger partial charge in [0.05, 0.1) is 0 Å². The molecule has 0 spiro atoms. The van der Waals surface area contributed by atoms with Gasteiger partial charge in [0.25, 0.3) is 0 Å². The maximum atomic E-state index is 2.39. The molecule has 1 aliphatic rings. The van der Waals surface area contributed by atoms with Gasteiger partial charge in [-0.15, -0.1) is 0 Å². The van der Waals surface area contributed by atoms with Crippen molar-refractivity contribution >= 4 is 32.3 Å². The first-order chi connectivity index (χ1) is 11.4. The molecule has 0 radical (unpaired) electrons. The lowest BCUT2D eigenvalue weighted by Crippen LogP contribution is -2.02. The van der Waals surface area contributed by atoms with Crippen molar-refractivity contribution in [2.75, 3.05) is 0 Å². The maximum absolute atomic E-state index is 2.39. The molecule has 0 unspecified atom stereocenters. The average molecular weight is 290 g/mol.